The Kier molecular flexibility index (Phi) is 4.14. The van der Waals surface area contributed by atoms with Gasteiger partial charge in [0.05, 0.1) is 28.3 Å². The molecular weight excluding hydrogens is 305 g/mol. The Labute approximate surface area is 120 Å². The Bertz CT molecular complexity index is 678. The van der Waals surface area contributed by atoms with E-state index in [0.29, 0.717) is 12.8 Å². The van der Waals surface area contributed by atoms with Crippen LogP contribution in [-0.2, 0) is 16.0 Å². The van der Waals surface area contributed by atoms with Gasteiger partial charge >= 0.3 is 6.18 Å². The van der Waals surface area contributed by atoms with Crippen LogP contribution < -0.4 is 5.32 Å². The van der Waals surface area contributed by atoms with Crippen molar-refractivity contribution in [2.24, 2.45) is 0 Å². The fourth-order valence-electron chi connectivity index (χ4n) is 2.30. The molecule has 8 heteroatoms. The highest BCUT2D eigenvalue weighted by Gasteiger charge is 2.31. The second-order valence-corrected chi connectivity index (χ2v) is 7.20. The molecule has 1 aliphatic heterocycles. The molecule has 0 spiro atoms. The molecule has 0 aliphatic carbocycles. The van der Waals surface area contributed by atoms with E-state index in [1.54, 1.807) is 6.07 Å². The van der Waals surface area contributed by atoms with E-state index < -0.39 is 21.6 Å². The molecule has 0 aromatic heterocycles. The number of sulfone groups is 1. The molecule has 2 rings (SSSR count). The van der Waals surface area contributed by atoms with E-state index in [4.69, 9.17) is 5.26 Å². The highest BCUT2D eigenvalue weighted by atomic mass is 32.2. The van der Waals surface area contributed by atoms with Crippen LogP contribution in [0.25, 0.3) is 0 Å². The van der Waals surface area contributed by atoms with Crippen LogP contribution in [0.3, 0.4) is 0 Å². The Hall–Kier alpha value is -1.75. The number of benzene rings is 1. The van der Waals surface area contributed by atoms with E-state index in [0.717, 1.165) is 12.1 Å². The van der Waals surface area contributed by atoms with Gasteiger partial charge in [0.25, 0.3) is 0 Å². The summed E-state index contributed by atoms with van der Waals surface area (Å²) in [5.74, 6) is 0.0577. The normalized spacial score (nSPS) is 21.5. The van der Waals surface area contributed by atoms with E-state index in [1.165, 1.54) is 6.07 Å². The topological polar surface area (TPSA) is 70.0 Å². The molecule has 1 aliphatic rings. The fourth-order valence-corrected chi connectivity index (χ4v) is 3.93. The first-order valence-electron chi connectivity index (χ1n) is 6.29. The average Bonchev–Trinajstić information content (AvgIpc) is 2.36. The van der Waals surface area contributed by atoms with Crippen LogP contribution in [0.5, 0.6) is 0 Å². The summed E-state index contributed by atoms with van der Waals surface area (Å²) in [6, 6.07) is 4.13. The van der Waals surface area contributed by atoms with Crippen LogP contribution in [0.4, 0.5) is 18.9 Å². The second kappa shape index (κ2) is 5.56. The molecule has 1 aromatic carbocycles. The van der Waals surface area contributed by atoms with Gasteiger partial charge in [-0.15, -0.1) is 0 Å². The average molecular weight is 318 g/mol. The molecule has 0 bridgehead atoms. The van der Waals surface area contributed by atoms with Gasteiger partial charge in [-0.25, -0.2) is 8.42 Å². The van der Waals surface area contributed by atoms with Crippen molar-refractivity contribution in [1.29, 1.82) is 5.26 Å². The molecule has 1 saturated heterocycles. The first kappa shape index (κ1) is 15.6. The third kappa shape index (κ3) is 3.88. The Morgan fingerprint density at radius 3 is 2.62 bits per heavy atom. The number of nitriles is 1. The third-order valence-electron chi connectivity index (χ3n) is 3.29. The van der Waals surface area contributed by atoms with Gasteiger partial charge in [0.15, 0.2) is 9.84 Å². The van der Waals surface area contributed by atoms with Crippen molar-refractivity contribution in [3.63, 3.8) is 0 Å². The van der Waals surface area contributed by atoms with Crippen LogP contribution in [-0.4, -0.2) is 26.0 Å². The SMILES string of the molecule is N#Cc1cc(C(F)(F)F)ccc1NC1CCCS(=O)(=O)C1. The Balaban J connectivity index is 2.23. The van der Waals surface area contributed by atoms with Crippen molar-refractivity contribution in [2.45, 2.75) is 25.1 Å². The lowest BCUT2D eigenvalue weighted by Gasteiger charge is -2.24. The highest BCUT2D eigenvalue weighted by molar-refractivity contribution is 7.91. The van der Waals surface area contributed by atoms with Gasteiger partial charge in [-0.1, -0.05) is 0 Å². The van der Waals surface area contributed by atoms with Crippen molar-refractivity contribution in [1.82, 2.24) is 0 Å². The number of nitrogens with one attached hydrogen (secondary N) is 1. The maximum Gasteiger partial charge on any atom is 0.416 e. The van der Waals surface area contributed by atoms with Crippen LogP contribution in [0, 0.1) is 11.3 Å². The maximum atomic E-state index is 12.6. The van der Waals surface area contributed by atoms with Crippen LogP contribution in [0.1, 0.15) is 24.0 Å². The molecule has 1 atom stereocenters. The number of hydrogen-bond donors (Lipinski definition) is 1. The molecule has 0 saturated carbocycles. The van der Waals surface area contributed by atoms with Crippen LogP contribution >= 0.6 is 0 Å². The van der Waals surface area contributed by atoms with Crippen molar-refractivity contribution < 1.29 is 21.6 Å². The van der Waals surface area contributed by atoms with Gasteiger partial charge in [0.1, 0.15) is 6.07 Å². The minimum atomic E-state index is -4.52. The summed E-state index contributed by atoms with van der Waals surface area (Å²) in [5.41, 5.74) is -0.818. The molecule has 114 valence electrons. The molecule has 0 amide bonds. The van der Waals surface area contributed by atoms with E-state index in [-0.39, 0.29) is 28.8 Å². The van der Waals surface area contributed by atoms with Gasteiger partial charge in [-0.3, -0.25) is 0 Å². The number of halogens is 3. The molecule has 0 radical (unpaired) electrons. The summed E-state index contributed by atoms with van der Waals surface area (Å²) in [5, 5.41) is 11.8. The van der Waals surface area contributed by atoms with Crippen molar-refractivity contribution in [3.05, 3.63) is 29.3 Å². The first-order valence-corrected chi connectivity index (χ1v) is 8.12. The number of nitrogens with zero attached hydrogens (tertiary/aromatic N) is 1. The summed E-state index contributed by atoms with van der Waals surface area (Å²) >= 11 is 0. The van der Waals surface area contributed by atoms with Crippen LogP contribution in [0.2, 0.25) is 0 Å². The molecule has 1 aromatic rings. The number of anilines is 1. The van der Waals surface area contributed by atoms with Gasteiger partial charge in [0.2, 0.25) is 0 Å². The quantitative estimate of drug-likeness (QED) is 0.910. The molecule has 1 unspecified atom stereocenters. The summed E-state index contributed by atoms with van der Waals surface area (Å²) < 4.78 is 60.8. The second-order valence-electron chi connectivity index (χ2n) is 4.97. The van der Waals surface area contributed by atoms with E-state index in [9.17, 15) is 21.6 Å². The number of rotatable bonds is 2. The molecule has 21 heavy (non-hydrogen) atoms. The van der Waals surface area contributed by atoms with Crippen LogP contribution in [0.15, 0.2) is 18.2 Å². The van der Waals surface area contributed by atoms with Gasteiger partial charge in [-0.05, 0) is 31.0 Å². The van der Waals surface area contributed by atoms with Gasteiger partial charge in [-0.2, -0.15) is 18.4 Å². The third-order valence-corrected chi connectivity index (χ3v) is 5.11. The Morgan fingerprint density at radius 1 is 1.33 bits per heavy atom. The molecular formula is C13H13F3N2O2S. The lowest BCUT2D eigenvalue weighted by atomic mass is 10.1. The zero-order valence-corrected chi connectivity index (χ0v) is 11.8. The predicted octanol–water partition coefficient (Wildman–Crippen LogP) is 2.57. The number of hydrogen-bond acceptors (Lipinski definition) is 4. The summed E-state index contributed by atoms with van der Waals surface area (Å²) in [6.07, 6.45) is -3.41. The predicted molar refractivity (Wildman–Crippen MR) is 71.5 cm³/mol. The van der Waals surface area contributed by atoms with E-state index >= 15 is 0 Å². The van der Waals surface area contributed by atoms with Crippen molar-refractivity contribution in [3.8, 4) is 6.07 Å². The van der Waals surface area contributed by atoms with Gasteiger partial charge < -0.3 is 5.32 Å². The zero-order chi connectivity index (χ0) is 15.7. The lowest BCUT2D eigenvalue weighted by molar-refractivity contribution is -0.137. The van der Waals surface area contributed by atoms with Crippen molar-refractivity contribution in [2.75, 3.05) is 16.8 Å². The zero-order valence-electron chi connectivity index (χ0n) is 10.9. The van der Waals surface area contributed by atoms with Gasteiger partial charge in [0, 0.05) is 6.04 Å². The molecule has 1 fully saturated rings. The van der Waals surface area contributed by atoms with E-state index in [1.807, 2.05) is 0 Å². The molecule has 1 heterocycles. The van der Waals surface area contributed by atoms with Crippen molar-refractivity contribution >= 4 is 15.5 Å². The smallest absolute Gasteiger partial charge is 0.380 e. The first-order chi connectivity index (χ1) is 9.71. The monoisotopic (exact) mass is 318 g/mol. The molecule has 1 N–H and O–H groups in total. The van der Waals surface area contributed by atoms with E-state index in [2.05, 4.69) is 5.32 Å². The lowest BCUT2D eigenvalue weighted by Crippen LogP contribution is -2.35. The fraction of sp³-hybridized carbons (Fsp3) is 0.462. The maximum absolute atomic E-state index is 12.6. The molecule has 4 nitrogen and oxygen atoms in total. The largest absolute Gasteiger partial charge is 0.416 e. The summed E-state index contributed by atoms with van der Waals surface area (Å²) in [7, 11) is -3.13. The Morgan fingerprint density at radius 2 is 2.05 bits per heavy atom. The minimum Gasteiger partial charge on any atom is -0.380 e. The highest BCUT2D eigenvalue weighted by Crippen LogP contribution is 2.32. The summed E-state index contributed by atoms with van der Waals surface area (Å²) in [4.78, 5) is 0. The summed E-state index contributed by atoms with van der Waals surface area (Å²) in [6.45, 7) is 0. The minimum absolute atomic E-state index is 0.0705. The number of alkyl halides is 3. The standard InChI is InChI=1S/C13H13F3N2O2S/c14-13(15,16)10-3-4-12(9(6-10)7-17)18-11-2-1-5-21(19,20)8-11/h3-4,6,11,18H,1-2,5,8H2.